The van der Waals surface area contributed by atoms with Crippen LogP contribution in [0.25, 0.3) is 10.9 Å². The van der Waals surface area contributed by atoms with Crippen LogP contribution in [0.2, 0.25) is 10.0 Å². The molecule has 8 heteroatoms. The average Bonchev–Trinajstić information content (AvgIpc) is 2.69. The topological polar surface area (TPSA) is 64.9 Å². The van der Waals surface area contributed by atoms with Crippen molar-refractivity contribution in [3.8, 4) is 0 Å². The first-order valence-electron chi connectivity index (χ1n) is 9.20. The van der Waals surface area contributed by atoms with E-state index in [9.17, 15) is 4.79 Å². The highest BCUT2D eigenvalue weighted by molar-refractivity contribution is 6.45. The van der Waals surface area contributed by atoms with E-state index in [1.807, 2.05) is 6.07 Å². The smallest absolute Gasteiger partial charge is 0.341 e. The zero-order chi connectivity index (χ0) is 19.2. The van der Waals surface area contributed by atoms with Crippen LogP contribution in [0.1, 0.15) is 23.7 Å². The minimum Gasteiger partial charge on any atom is -0.462 e. The number of esters is 1. The first-order valence-corrected chi connectivity index (χ1v) is 9.96. The number of pyridine rings is 1. The summed E-state index contributed by atoms with van der Waals surface area (Å²) in [6.45, 7) is 7.60. The van der Waals surface area contributed by atoms with Crippen molar-refractivity contribution in [1.82, 2.24) is 4.98 Å². The molecule has 0 atom stereocenters. The Labute approximate surface area is 168 Å². The molecule has 1 aromatic heterocycles. The molecule has 0 amide bonds. The Bertz CT molecular complexity index is 810. The van der Waals surface area contributed by atoms with Crippen molar-refractivity contribution in [3.63, 3.8) is 0 Å². The van der Waals surface area contributed by atoms with E-state index in [2.05, 4.69) is 10.3 Å². The average molecular weight is 413 g/mol. The van der Waals surface area contributed by atoms with Gasteiger partial charge in [0.05, 0.1) is 47.6 Å². The fourth-order valence-electron chi connectivity index (χ4n) is 3.22. The van der Waals surface area contributed by atoms with Crippen molar-refractivity contribution in [2.24, 2.45) is 0 Å². The van der Waals surface area contributed by atoms with Crippen molar-refractivity contribution < 1.29 is 19.2 Å². The molecule has 1 fully saturated rings. The molecule has 1 saturated heterocycles. The Kier molecular flexibility index (Phi) is 7.13. The highest BCUT2D eigenvalue weighted by Crippen LogP contribution is 2.34. The van der Waals surface area contributed by atoms with Gasteiger partial charge in [-0.3, -0.25) is 4.98 Å². The molecule has 27 heavy (non-hydrogen) atoms. The Morgan fingerprint density at radius 3 is 2.85 bits per heavy atom. The number of carbonyl (C=O) groups excluding carboxylic acids is 1. The van der Waals surface area contributed by atoms with Crippen LogP contribution in [0.5, 0.6) is 0 Å². The van der Waals surface area contributed by atoms with Gasteiger partial charge in [0.1, 0.15) is 18.7 Å². The van der Waals surface area contributed by atoms with Crippen LogP contribution >= 0.6 is 23.2 Å². The quantitative estimate of drug-likeness (QED) is 0.539. The number of anilines is 1. The van der Waals surface area contributed by atoms with Crippen molar-refractivity contribution in [3.05, 3.63) is 33.9 Å². The second-order valence-corrected chi connectivity index (χ2v) is 7.20. The van der Waals surface area contributed by atoms with E-state index < -0.39 is 5.97 Å². The first kappa shape index (κ1) is 20.1. The van der Waals surface area contributed by atoms with Crippen LogP contribution < -0.4 is 10.2 Å². The van der Waals surface area contributed by atoms with Gasteiger partial charge < -0.3 is 19.7 Å². The molecule has 0 aliphatic carbocycles. The third kappa shape index (κ3) is 4.82. The summed E-state index contributed by atoms with van der Waals surface area (Å²) in [5.41, 5.74) is 1.66. The summed E-state index contributed by atoms with van der Waals surface area (Å²) in [4.78, 5) is 18.2. The van der Waals surface area contributed by atoms with Crippen LogP contribution in [0.15, 0.2) is 18.3 Å². The summed E-state index contributed by atoms with van der Waals surface area (Å²) in [7, 11) is 0. The number of benzene rings is 1. The fraction of sp³-hybridized carbons (Fsp3) is 0.474. The maximum Gasteiger partial charge on any atom is 0.341 e. The number of aromatic nitrogens is 1. The Balaban J connectivity index is 1.80. The lowest BCUT2D eigenvalue weighted by atomic mass is 10.1. The molecule has 0 unspecified atom stereocenters. The lowest BCUT2D eigenvalue weighted by molar-refractivity contribution is -0.908. The summed E-state index contributed by atoms with van der Waals surface area (Å²) in [5, 5.41) is 4.97. The van der Waals surface area contributed by atoms with Crippen molar-refractivity contribution in [2.45, 2.75) is 13.3 Å². The van der Waals surface area contributed by atoms with Gasteiger partial charge in [0.25, 0.3) is 0 Å². The molecule has 0 bridgehead atoms. The molecular weight excluding hydrogens is 389 g/mol. The second kappa shape index (κ2) is 9.55. The molecule has 0 spiro atoms. The monoisotopic (exact) mass is 412 g/mol. The maximum absolute atomic E-state index is 12.4. The highest BCUT2D eigenvalue weighted by Gasteiger charge is 2.19. The molecule has 1 aliphatic rings. The van der Waals surface area contributed by atoms with E-state index in [1.54, 1.807) is 17.9 Å². The molecule has 146 valence electrons. The Morgan fingerprint density at radius 2 is 2.11 bits per heavy atom. The number of nitrogens with one attached hydrogen (secondary N) is 2. The third-order valence-electron chi connectivity index (χ3n) is 4.63. The van der Waals surface area contributed by atoms with E-state index in [0.29, 0.717) is 33.4 Å². The molecule has 2 aromatic rings. The van der Waals surface area contributed by atoms with Crippen LogP contribution in [0.3, 0.4) is 0 Å². The molecule has 3 rings (SSSR count). The van der Waals surface area contributed by atoms with Gasteiger partial charge in [-0.1, -0.05) is 23.2 Å². The standard InChI is InChI=1S/C19H23Cl2N3O3/c1-2-27-19(25)14-12-23-18-13(4-5-15(20)16(18)21)17(14)22-6-3-7-24-8-10-26-11-9-24/h4-5,12H,2-3,6-11H2,1H3,(H,22,23)/p+1. The highest BCUT2D eigenvalue weighted by atomic mass is 35.5. The van der Waals surface area contributed by atoms with E-state index >= 15 is 0 Å². The molecule has 0 saturated carbocycles. The van der Waals surface area contributed by atoms with Crippen molar-refractivity contribution >= 4 is 45.8 Å². The van der Waals surface area contributed by atoms with Gasteiger partial charge in [0.15, 0.2) is 0 Å². The minimum atomic E-state index is -0.403. The van der Waals surface area contributed by atoms with Gasteiger partial charge in [-0.15, -0.1) is 0 Å². The van der Waals surface area contributed by atoms with Gasteiger partial charge >= 0.3 is 5.97 Å². The third-order valence-corrected chi connectivity index (χ3v) is 5.43. The summed E-state index contributed by atoms with van der Waals surface area (Å²) < 4.78 is 10.6. The van der Waals surface area contributed by atoms with Crippen LogP contribution in [-0.2, 0) is 9.47 Å². The molecule has 1 aromatic carbocycles. The van der Waals surface area contributed by atoms with E-state index in [-0.39, 0.29) is 0 Å². The van der Waals surface area contributed by atoms with Gasteiger partial charge in [-0.2, -0.15) is 0 Å². The van der Waals surface area contributed by atoms with Gasteiger partial charge in [0, 0.05) is 24.5 Å². The van der Waals surface area contributed by atoms with Gasteiger partial charge in [-0.05, 0) is 19.1 Å². The summed E-state index contributed by atoms with van der Waals surface area (Å²) in [5.74, 6) is -0.403. The largest absolute Gasteiger partial charge is 0.462 e. The zero-order valence-electron chi connectivity index (χ0n) is 15.3. The first-order chi connectivity index (χ1) is 13.1. The second-order valence-electron chi connectivity index (χ2n) is 6.42. The summed E-state index contributed by atoms with van der Waals surface area (Å²) in [6.07, 6.45) is 2.47. The molecule has 2 heterocycles. The number of halogens is 2. The normalized spacial score (nSPS) is 15.1. The molecule has 0 radical (unpaired) electrons. The van der Waals surface area contributed by atoms with E-state index in [0.717, 1.165) is 51.2 Å². The molecule has 1 aliphatic heterocycles. The number of carbonyl (C=O) groups is 1. The number of ether oxygens (including phenoxy) is 2. The molecule has 6 nitrogen and oxygen atoms in total. The number of hydrogen-bond donors (Lipinski definition) is 2. The number of nitrogens with zero attached hydrogens (tertiary/aromatic N) is 1. The SMILES string of the molecule is CCOC(=O)c1cnc2c(Cl)c(Cl)ccc2c1NCCC[NH+]1CCOCC1. The summed E-state index contributed by atoms with van der Waals surface area (Å²) in [6, 6.07) is 3.54. The van der Waals surface area contributed by atoms with Gasteiger partial charge in [-0.25, -0.2) is 4.79 Å². The predicted octanol–water partition coefficient (Wildman–Crippen LogP) is 2.44. The Morgan fingerprint density at radius 1 is 1.33 bits per heavy atom. The minimum absolute atomic E-state index is 0.304. The summed E-state index contributed by atoms with van der Waals surface area (Å²) >= 11 is 12.4. The zero-order valence-corrected chi connectivity index (χ0v) is 16.8. The fourth-order valence-corrected chi connectivity index (χ4v) is 3.59. The molecular formula is C19H24Cl2N3O3+. The number of fused-ring (bicyclic) bond motifs is 1. The van der Waals surface area contributed by atoms with Crippen LogP contribution in [0.4, 0.5) is 5.69 Å². The van der Waals surface area contributed by atoms with Crippen LogP contribution in [0, 0.1) is 0 Å². The Hall–Kier alpha value is -1.60. The van der Waals surface area contributed by atoms with Crippen molar-refractivity contribution in [2.75, 3.05) is 51.3 Å². The number of hydrogen-bond acceptors (Lipinski definition) is 5. The number of quaternary nitrogens is 1. The lowest BCUT2D eigenvalue weighted by Crippen LogP contribution is -3.14. The predicted molar refractivity (Wildman–Crippen MR) is 107 cm³/mol. The van der Waals surface area contributed by atoms with Gasteiger partial charge in [0.2, 0.25) is 0 Å². The lowest BCUT2D eigenvalue weighted by Gasteiger charge is -2.23. The maximum atomic E-state index is 12.4. The van der Waals surface area contributed by atoms with Crippen LogP contribution in [-0.4, -0.2) is 57.0 Å². The number of rotatable bonds is 7. The van der Waals surface area contributed by atoms with E-state index in [1.165, 1.54) is 6.20 Å². The van der Waals surface area contributed by atoms with E-state index in [4.69, 9.17) is 32.7 Å². The number of morpholine rings is 1. The molecule has 2 N–H and O–H groups in total. The van der Waals surface area contributed by atoms with Crippen molar-refractivity contribution in [1.29, 1.82) is 0 Å².